The van der Waals surface area contributed by atoms with Gasteiger partial charge >= 0.3 is 0 Å². The Bertz CT molecular complexity index is 1100. The molecular formula is C21H17N3O. The number of hydrogen-bond donors (Lipinski definition) is 0. The molecule has 0 N–H and O–H groups in total. The van der Waals surface area contributed by atoms with Crippen LogP contribution in [0.1, 0.15) is 5.69 Å². The molecule has 1 aliphatic rings. The molecule has 0 unspecified atom stereocenters. The lowest BCUT2D eigenvalue weighted by molar-refractivity contribution is 0.652. The summed E-state index contributed by atoms with van der Waals surface area (Å²) in [6.07, 6.45) is 4.19. The Morgan fingerprint density at radius 3 is 2.56 bits per heavy atom. The number of benzene rings is 2. The van der Waals surface area contributed by atoms with Crippen molar-refractivity contribution >= 4 is 33.4 Å². The van der Waals surface area contributed by atoms with Crippen LogP contribution in [0.5, 0.6) is 0 Å². The Labute approximate surface area is 145 Å². The number of furan rings is 1. The Morgan fingerprint density at radius 2 is 1.68 bits per heavy atom. The lowest BCUT2D eigenvalue weighted by Gasteiger charge is -2.21. The van der Waals surface area contributed by atoms with E-state index in [4.69, 9.17) is 4.42 Å². The SMILES string of the molecule is Cc1ccc2c(n1)oc1c(N3C=CN(c4ccccc4)C3)cccc12. The Morgan fingerprint density at radius 1 is 0.840 bits per heavy atom. The zero-order chi connectivity index (χ0) is 16.8. The minimum Gasteiger partial charge on any atom is -0.435 e. The van der Waals surface area contributed by atoms with Gasteiger partial charge in [-0.3, -0.25) is 0 Å². The minimum atomic E-state index is 0.700. The molecular weight excluding hydrogens is 310 g/mol. The van der Waals surface area contributed by atoms with Crippen LogP contribution < -0.4 is 9.80 Å². The summed E-state index contributed by atoms with van der Waals surface area (Å²) in [5.41, 5.74) is 4.78. The third-order valence-electron chi connectivity index (χ3n) is 4.61. The minimum absolute atomic E-state index is 0.700. The second-order valence-corrected chi connectivity index (χ2v) is 6.28. The van der Waals surface area contributed by atoms with Crippen molar-refractivity contribution in [1.29, 1.82) is 0 Å². The van der Waals surface area contributed by atoms with Crippen molar-refractivity contribution in [3.63, 3.8) is 0 Å². The van der Waals surface area contributed by atoms with Gasteiger partial charge in [-0.2, -0.15) is 0 Å². The number of rotatable bonds is 2. The molecule has 0 aliphatic carbocycles. The van der Waals surface area contributed by atoms with E-state index in [0.29, 0.717) is 5.71 Å². The van der Waals surface area contributed by atoms with E-state index in [2.05, 4.69) is 75.7 Å². The summed E-state index contributed by atoms with van der Waals surface area (Å²) in [7, 11) is 0. The second-order valence-electron chi connectivity index (χ2n) is 6.28. The summed E-state index contributed by atoms with van der Waals surface area (Å²) in [5, 5.41) is 2.16. The monoisotopic (exact) mass is 327 g/mol. The van der Waals surface area contributed by atoms with E-state index in [-0.39, 0.29) is 0 Å². The summed E-state index contributed by atoms with van der Waals surface area (Å²) in [4.78, 5) is 8.94. The third-order valence-corrected chi connectivity index (χ3v) is 4.61. The normalized spacial score (nSPS) is 14.1. The van der Waals surface area contributed by atoms with Crippen LogP contribution in [0.25, 0.3) is 22.1 Å². The van der Waals surface area contributed by atoms with Gasteiger partial charge < -0.3 is 14.2 Å². The van der Waals surface area contributed by atoms with Gasteiger partial charge in [0.2, 0.25) is 5.71 Å². The van der Waals surface area contributed by atoms with E-state index in [9.17, 15) is 0 Å². The fourth-order valence-corrected chi connectivity index (χ4v) is 3.35. The van der Waals surface area contributed by atoms with Gasteiger partial charge in [0, 0.05) is 34.6 Å². The van der Waals surface area contributed by atoms with E-state index < -0.39 is 0 Å². The molecule has 0 fully saturated rings. The molecule has 0 saturated heterocycles. The average molecular weight is 327 g/mol. The van der Waals surface area contributed by atoms with Crippen LogP contribution in [0.2, 0.25) is 0 Å². The van der Waals surface area contributed by atoms with Crippen LogP contribution in [0.3, 0.4) is 0 Å². The lowest BCUT2D eigenvalue weighted by atomic mass is 10.1. The highest BCUT2D eigenvalue weighted by Gasteiger charge is 2.20. The first-order chi connectivity index (χ1) is 12.3. The van der Waals surface area contributed by atoms with Crippen LogP contribution in [0, 0.1) is 6.92 Å². The summed E-state index contributed by atoms with van der Waals surface area (Å²) in [6, 6.07) is 20.7. The Kier molecular flexibility index (Phi) is 3.04. The molecule has 1 aliphatic heterocycles. The number of anilines is 2. The maximum atomic E-state index is 6.11. The summed E-state index contributed by atoms with van der Waals surface area (Å²) < 4.78 is 6.11. The Balaban J connectivity index is 1.58. The molecule has 2 aromatic heterocycles. The number of fused-ring (bicyclic) bond motifs is 3. The van der Waals surface area contributed by atoms with Gasteiger partial charge in [-0.05, 0) is 37.3 Å². The van der Waals surface area contributed by atoms with E-state index in [0.717, 1.165) is 34.4 Å². The van der Waals surface area contributed by atoms with E-state index in [1.807, 2.05) is 19.1 Å². The first-order valence-corrected chi connectivity index (χ1v) is 8.35. The van der Waals surface area contributed by atoms with Gasteiger partial charge in [0.1, 0.15) is 0 Å². The Hall–Kier alpha value is -3.27. The van der Waals surface area contributed by atoms with Gasteiger partial charge in [-0.25, -0.2) is 4.98 Å². The number of pyridine rings is 1. The van der Waals surface area contributed by atoms with Crippen molar-refractivity contribution in [2.45, 2.75) is 6.92 Å². The molecule has 5 rings (SSSR count). The molecule has 4 heteroatoms. The quantitative estimate of drug-likeness (QED) is 0.516. The smallest absolute Gasteiger partial charge is 0.227 e. The highest BCUT2D eigenvalue weighted by molar-refractivity contribution is 6.08. The van der Waals surface area contributed by atoms with Gasteiger partial charge in [0.25, 0.3) is 0 Å². The zero-order valence-corrected chi connectivity index (χ0v) is 13.9. The van der Waals surface area contributed by atoms with Crippen molar-refractivity contribution in [3.8, 4) is 0 Å². The van der Waals surface area contributed by atoms with Gasteiger partial charge in [-0.15, -0.1) is 0 Å². The highest BCUT2D eigenvalue weighted by atomic mass is 16.3. The number of aromatic nitrogens is 1. The summed E-state index contributed by atoms with van der Waals surface area (Å²) >= 11 is 0. The van der Waals surface area contributed by atoms with Crippen molar-refractivity contribution in [1.82, 2.24) is 4.98 Å². The van der Waals surface area contributed by atoms with Crippen LogP contribution in [-0.4, -0.2) is 11.7 Å². The average Bonchev–Trinajstić information content (AvgIpc) is 3.26. The van der Waals surface area contributed by atoms with Crippen molar-refractivity contribution in [3.05, 3.63) is 78.8 Å². The van der Waals surface area contributed by atoms with Crippen molar-refractivity contribution in [2.24, 2.45) is 0 Å². The molecule has 0 bridgehead atoms. The topological polar surface area (TPSA) is 32.5 Å². The molecule has 0 amide bonds. The summed E-state index contributed by atoms with van der Waals surface area (Å²) in [5.74, 6) is 0. The molecule has 4 aromatic rings. The molecule has 25 heavy (non-hydrogen) atoms. The number of para-hydroxylation sites is 2. The molecule has 0 saturated carbocycles. The van der Waals surface area contributed by atoms with Crippen molar-refractivity contribution < 1.29 is 4.42 Å². The van der Waals surface area contributed by atoms with Crippen LogP contribution in [0.15, 0.2) is 77.5 Å². The predicted molar refractivity (Wildman–Crippen MR) is 102 cm³/mol. The van der Waals surface area contributed by atoms with Gasteiger partial charge in [0.15, 0.2) is 5.58 Å². The maximum Gasteiger partial charge on any atom is 0.227 e. The predicted octanol–water partition coefficient (Wildman–Crippen LogP) is 5.04. The van der Waals surface area contributed by atoms with E-state index in [1.54, 1.807) is 0 Å². The largest absolute Gasteiger partial charge is 0.435 e. The first kappa shape index (κ1) is 14.1. The van der Waals surface area contributed by atoms with E-state index in [1.165, 1.54) is 5.69 Å². The van der Waals surface area contributed by atoms with Crippen LogP contribution in [0.4, 0.5) is 11.4 Å². The van der Waals surface area contributed by atoms with E-state index >= 15 is 0 Å². The zero-order valence-electron chi connectivity index (χ0n) is 13.9. The maximum absolute atomic E-state index is 6.11. The molecule has 122 valence electrons. The molecule has 4 nitrogen and oxygen atoms in total. The van der Waals surface area contributed by atoms with Crippen molar-refractivity contribution in [2.75, 3.05) is 16.5 Å². The lowest BCUT2D eigenvalue weighted by Crippen LogP contribution is -2.24. The van der Waals surface area contributed by atoms with Gasteiger partial charge in [-0.1, -0.05) is 30.3 Å². The second kappa shape index (κ2) is 5.38. The molecule has 3 heterocycles. The summed E-state index contributed by atoms with van der Waals surface area (Å²) in [6.45, 7) is 2.74. The number of aryl methyl sites for hydroxylation is 1. The number of nitrogens with zero attached hydrogens (tertiary/aromatic N) is 3. The third kappa shape index (κ3) is 2.26. The van der Waals surface area contributed by atoms with Crippen LogP contribution in [-0.2, 0) is 0 Å². The highest BCUT2D eigenvalue weighted by Crippen LogP contribution is 2.36. The van der Waals surface area contributed by atoms with Gasteiger partial charge in [0.05, 0.1) is 12.4 Å². The van der Waals surface area contributed by atoms with Crippen LogP contribution >= 0.6 is 0 Å². The standard InChI is InChI=1S/C21H17N3O/c1-15-10-11-18-17-8-5-9-19(20(17)25-21(18)22-15)24-13-12-23(14-24)16-6-3-2-4-7-16/h2-13H,14H2,1H3. The first-order valence-electron chi connectivity index (χ1n) is 8.35. The fourth-order valence-electron chi connectivity index (χ4n) is 3.35. The molecule has 0 spiro atoms. The number of hydrogen-bond acceptors (Lipinski definition) is 4. The fraction of sp³-hybridized carbons (Fsp3) is 0.0952. The molecule has 0 atom stereocenters. The molecule has 0 radical (unpaired) electrons. The molecule has 2 aromatic carbocycles.